The number of benzene rings is 1. The summed E-state index contributed by atoms with van der Waals surface area (Å²) in [4.78, 5) is 12.5. The minimum Gasteiger partial charge on any atom is -0.495 e. The van der Waals surface area contributed by atoms with E-state index in [9.17, 15) is 4.79 Å². The summed E-state index contributed by atoms with van der Waals surface area (Å²) >= 11 is 10.7. The summed E-state index contributed by atoms with van der Waals surface area (Å²) in [5.74, 6) is 2.02. The number of methoxy groups -OCH3 is 2. The average molecular weight is 516 g/mol. The zero-order chi connectivity index (χ0) is 21.7. The maximum Gasteiger partial charge on any atom is 0.234 e. The summed E-state index contributed by atoms with van der Waals surface area (Å²) in [6, 6.07) is 6.83. The second-order valence-corrected chi connectivity index (χ2v) is 8.22. The van der Waals surface area contributed by atoms with Gasteiger partial charge in [-0.15, -0.1) is 10.2 Å². The fourth-order valence-electron chi connectivity index (χ4n) is 2.71. The van der Waals surface area contributed by atoms with E-state index in [1.54, 1.807) is 18.2 Å². The topological polar surface area (TPSA) is 91.4 Å². The Morgan fingerprint density at radius 2 is 2.03 bits per heavy atom. The van der Waals surface area contributed by atoms with Crippen molar-refractivity contribution in [2.75, 3.05) is 25.3 Å². The van der Waals surface area contributed by atoms with Gasteiger partial charge in [0.15, 0.2) is 15.6 Å². The van der Waals surface area contributed by atoms with Crippen molar-refractivity contribution in [1.29, 1.82) is 0 Å². The second kappa shape index (κ2) is 10.2. The number of aromatic nitrogens is 3. The Morgan fingerprint density at radius 1 is 1.27 bits per heavy atom. The number of amides is 1. The number of halogens is 2. The molecule has 3 aromatic rings. The van der Waals surface area contributed by atoms with Crippen molar-refractivity contribution in [3.8, 4) is 23.1 Å². The van der Waals surface area contributed by atoms with E-state index in [0.717, 1.165) is 6.42 Å². The van der Waals surface area contributed by atoms with E-state index in [4.69, 9.17) is 25.5 Å². The van der Waals surface area contributed by atoms with Gasteiger partial charge in [-0.2, -0.15) is 0 Å². The molecule has 30 heavy (non-hydrogen) atoms. The smallest absolute Gasteiger partial charge is 0.234 e. The van der Waals surface area contributed by atoms with Crippen LogP contribution < -0.4 is 14.8 Å². The van der Waals surface area contributed by atoms with Gasteiger partial charge in [-0.1, -0.05) is 30.3 Å². The fourth-order valence-corrected chi connectivity index (χ4v) is 4.01. The van der Waals surface area contributed by atoms with Crippen LogP contribution in [-0.4, -0.2) is 40.6 Å². The molecule has 3 rings (SSSR count). The molecule has 0 radical (unpaired) electrons. The number of hydrogen-bond acceptors (Lipinski definition) is 7. The van der Waals surface area contributed by atoms with E-state index < -0.39 is 0 Å². The number of carbonyl (C=O) groups excluding carboxylic acids is 1. The number of nitrogens with one attached hydrogen (secondary N) is 1. The first-order chi connectivity index (χ1) is 14.5. The minimum atomic E-state index is -0.226. The van der Waals surface area contributed by atoms with E-state index in [0.29, 0.717) is 50.2 Å². The van der Waals surface area contributed by atoms with Gasteiger partial charge in [0.1, 0.15) is 11.5 Å². The molecule has 0 atom stereocenters. The van der Waals surface area contributed by atoms with Crippen molar-refractivity contribution in [3.63, 3.8) is 0 Å². The van der Waals surface area contributed by atoms with Crippen LogP contribution >= 0.6 is 39.3 Å². The van der Waals surface area contributed by atoms with Gasteiger partial charge < -0.3 is 19.2 Å². The molecule has 0 fully saturated rings. The van der Waals surface area contributed by atoms with Gasteiger partial charge in [0.2, 0.25) is 11.7 Å². The zero-order valence-electron chi connectivity index (χ0n) is 16.6. The van der Waals surface area contributed by atoms with Crippen LogP contribution in [-0.2, 0) is 11.3 Å². The van der Waals surface area contributed by atoms with Gasteiger partial charge in [-0.25, -0.2) is 0 Å². The quantitative estimate of drug-likeness (QED) is 0.396. The van der Waals surface area contributed by atoms with Crippen molar-refractivity contribution in [2.24, 2.45) is 0 Å². The zero-order valence-corrected chi connectivity index (χ0v) is 19.7. The van der Waals surface area contributed by atoms with E-state index in [-0.39, 0.29) is 11.7 Å². The van der Waals surface area contributed by atoms with Gasteiger partial charge in [-0.3, -0.25) is 9.36 Å². The van der Waals surface area contributed by atoms with Crippen LogP contribution in [0.25, 0.3) is 11.6 Å². The highest BCUT2D eigenvalue weighted by Crippen LogP contribution is 2.36. The van der Waals surface area contributed by atoms with Gasteiger partial charge in [0.25, 0.3) is 0 Å². The molecule has 0 spiro atoms. The van der Waals surface area contributed by atoms with Crippen LogP contribution in [0.15, 0.2) is 38.5 Å². The van der Waals surface area contributed by atoms with E-state index in [1.165, 1.54) is 26.0 Å². The molecule has 0 saturated carbocycles. The lowest BCUT2D eigenvalue weighted by atomic mass is 10.2. The lowest BCUT2D eigenvalue weighted by molar-refractivity contribution is -0.113. The number of furan rings is 1. The minimum absolute atomic E-state index is 0.137. The first kappa shape index (κ1) is 22.5. The molecule has 0 aliphatic heterocycles. The molecule has 2 aromatic heterocycles. The number of thioether (sulfide) groups is 1. The van der Waals surface area contributed by atoms with Crippen LogP contribution in [0.5, 0.6) is 11.5 Å². The van der Waals surface area contributed by atoms with Crippen LogP contribution in [0, 0.1) is 0 Å². The molecule has 11 heteroatoms. The highest BCUT2D eigenvalue weighted by Gasteiger charge is 2.18. The van der Waals surface area contributed by atoms with Gasteiger partial charge in [-0.05, 0) is 34.5 Å². The monoisotopic (exact) mass is 514 g/mol. The largest absolute Gasteiger partial charge is 0.495 e. The van der Waals surface area contributed by atoms with Crippen molar-refractivity contribution in [2.45, 2.75) is 25.0 Å². The third kappa shape index (κ3) is 5.11. The molecule has 1 aromatic carbocycles. The number of carbonyl (C=O) groups is 1. The molecule has 0 aliphatic carbocycles. The predicted molar refractivity (Wildman–Crippen MR) is 120 cm³/mol. The van der Waals surface area contributed by atoms with Gasteiger partial charge in [0, 0.05) is 18.7 Å². The third-order valence-electron chi connectivity index (χ3n) is 4.04. The standard InChI is InChI=1S/C19H20BrClN4O4S/c1-4-7-25-18(13-5-6-16(20)29-13)23-24-19(25)30-10-17(26)22-12-9-14(27-2)11(21)8-15(12)28-3/h5-6,8-9H,4,7,10H2,1-3H3,(H,22,26). The molecule has 0 aliphatic rings. The molecular formula is C19H20BrClN4O4S. The Balaban J connectivity index is 1.73. The number of rotatable bonds is 9. The molecule has 0 unspecified atom stereocenters. The maximum absolute atomic E-state index is 12.5. The number of nitrogens with zero attached hydrogens (tertiary/aromatic N) is 3. The Morgan fingerprint density at radius 3 is 2.67 bits per heavy atom. The highest BCUT2D eigenvalue weighted by molar-refractivity contribution is 9.10. The first-order valence-electron chi connectivity index (χ1n) is 8.99. The van der Waals surface area contributed by atoms with Crippen LogP contribution in [0.4, 0.5) is 5.69 Å². The number of ether oxygens (including phenoxy) is 2. The van der Waals surface area contributed by atoms with Crippen molar-refractivity contribution in [3.05, 3.63) is 34.0 Å². The number of anilines is 1. The summed E-state index contributed by atoms with van der Waals surface area (Å²) < 4.78 is 18.7. The van der Waals surface area contributed by atoms with Crippen molar-refractivity contribution >= 4 is 50.9 Å². The molecule has 1 amide bonds. The third-order valence-corrected chi connectivity index (χ3v) is 5.73. The molecule has 160 valence electrons. The second-order valence-electron chi connectivity index (χ2n) is 6.09. The molecule has 0 bridgehead atoms. The normalized spacial score (nSPS) is 10.8. The van der Waals surface area contributed by atoms with Crippen LogP contribution in [0.1, 0.15) is 13.3 Å². The van der Waals surface area contributed by atoms with Crippen molar-refractivity contribution < 1.29 is 18.7 Å². The first-order valence-corrected chi connectivity index (χ1v) is 11.2. The Kier molecular flexibility index (Phi) is 7.68. The summed E-state index contributed by atoms with van der Waals surface area (Å²) in [6.07, 6.45) is 0.883. The lowest BCUT2D eigenvalue weighted by Crippen LogP contribution is -2.15. The summed E-state index contributed by atoms with van der Waals surface area (Å²) in [6.45, 7) is 2.76. The molecule has 2 heterocycles. The molecular weight excluding hydrogens is 496 g/mol. The van der Waals surface area contributed by atoms with Crippen LogP contribution in [0.3, 0.4) is 0 Å². The van der Waals surface area contributed by atoms with Gasteiger partial charge >= 0.3 is 0 Å². The highest BCUT2D eigenvalue weighted by atomic mass is 79.9. The van der Waals surface area contributed by atoms with E-state index in [2.05, 4.69) is 38.4 Å². The van der Waals surface area contributed by atoms with Crippen molar-refractivity contribution in [1.82, 2.24) is 14.8 Å². The Bertz CT molecular complexity index is 1040. The van der Waals surface area contributed by atoms with Gasteiger partial charge in [0.05, 0.1) is 30.7 Å². The Hall–Kier alpha value is -2.17. The lowest BCUT2D eigenvalue weighted by Gasteiger charge is -2.13. The average Bonchev–Trinajstić information content (AvgIpc) is 3.33. The molecule has 0 saturated heterocycles. The predicted octanol–water partition coefficient (Wildman–Crippen LogP) is 5.11. The fraction of sp³-hybridized carbons (Fsp3) is 0.316. The summed E-state index contributed by atoms with van der Waals surface area (Å²) in [5.41, 5.74) is 0.473. The van der Waals surface area contributed by atoms with Crippen LogP contribution in [0.2, 0.25) is 5.02 Å². The summed E-state index contributed by atoms with van der Waals surface area (Å²) in [7, 11) is 3.01. The van der Waals surface area contributed by atoms with E-state index >= 15 is 0 Å². The SMILES string of the molecule is CCCn1c(SCC(=O)Nc2cc(OC)c(Cl)cc2OC)nnc1-c1ccc(Br)o1. The maximum atomic E-state index is 12.5. The Labute approximate surface area is 191 Å². The number of hydrogen-bond donors (Lipinski definition) is 1. The molecule has 1 N–H and O–H groups in total. The van der Waals surface area contributed by atoms with E-state index in [1.807, 2.05) is 10.6 Å². The molecule has 8 nitrogen and oxygen atoms in total. The summed E-state index contributed by atoms with van der Waals surface area (Å²) in [5, 5.41) is 12.3.